The highest BCUT2D eigenvalue weighted by atomic mass is 16.7. The molecular formula is C21H22N2O7. The van der Waals surface area contributed by atoms with E-state index in [9.17, 15) is 24.5 Å². The van der Waals surface area contributed by atoms with Gasteiger partial charge in [0.05, 0.1) is 18.5 Å². The van der Waals surface area contributed by atoms with E-state index in [1.807, 2.05) is 29.7 Å². The fourth-order valence-electron chi connectivity index (χ4n) is 2.63. The van der Waals surface area contributed by atoms with Gasteiger partial charge < -0.3 is 9.57 Å². The summed E-state index contributed by atoms with van der Waals surface area (Å²) in [6, 6.07) is 13.9. The summed E-state index contributed by atoms with van der Waals surface area (Å²) >= 11 is 0. The quantitative estimate of drug-likeness (QED) is 0.380. The number of aryl methyl sites for hydroxylation is 1. The number of ether oxygens (including phenoxy) is 1. The normalized spacial score (nSPS) is 10.2. The van der Waals surface area contributed by atoms with Gasteiger partial charge in [-0.25, -0.2) is 4.79 Å². The summed E-state index contributed by atoms with van der Waals surface area (Å²) in [6.07, 6.45) is 1.04. The number of hydrogen-bond donors (Lipinski definition) is 1. The summed E-state index contributed by atoms with van der Waals surface area (Å²) in [5.74, 6) is -1.67. The molecule has 9 heteroatoms. The van der Waals surface area contributed by atoms with Crippen molar-refractivity contribution in [1.29, 1.82) is 0 Å². The van der Waals surface area contributed by atoms with Gasteiger partial charge in [0.15, 0.2) is 0 Å². The SMILES string of the molecule is COC(=O)CCC(=O)NOC(=O)CCCc1ccc(-c2cccc([N+](=O)[O-])c2)cc1. The molecule has 0 heterocycles. The number of carbonyl (C=O) groups is 3. The van der Waals surface area contributed by atoms with Gasteiger partial charge in [-0.1, -0.05) is 36.4 Å². The lowest BCUT2D eigenvalue weighted by molar-refractivity contribution is -0.384. The minimum Gasteiger partial charge on any atom is -0.469 e. The Labute approximate surface area is 173 Å². The molecule has 0 spiro atoms. The highest BCUT2D eigenvalue weighted by molar-refractivity contribution is 5.81. The number of nitro groups is 1. The average molecular weight is 414 g/mol. The van der Waals surface area contributed by atoms with Crippen LogP contribution in [0.1, 0.15) is 31.2 Å². The van der Waals surface area contributed by atoms with Crippen LogP contribution in [0.5, 0.6) is 0 Å². The molecule has 30 heavy (non-hydrogen) atoms. The zero-order valence-electron chi connectivity index (χ0n) is 16.5. The van der Waals surface area contributed by atoms with Crippen molar-refractivity contribution >= 4 is 23.5 Å². The van der Waals surface area contributed by atoms with E-state index in [2.05, 4.69) is 9.57 Å². The van der Waals surface area contributed by atoms with Crippen LogP contribution in [0.25, 0.3) is 11.1 Å². The minimum atomic E-state index is -0.578. The van der Waals surface area contributed by atoms with E-state index in [1.165, 1.54) is 19.2 Å². The first-order valence-corrected chi connectivity index (χ1v) is 9.28. The molecule has 0 unspecified atom stereocenters. The second-order valence-corrected chi connectivity index (χ2v) is 6.43. The number of carbonyl (C=O) groups excluding carboxylic acids is 3. The van der Waals surface area contributed by atoms with Crippen molar-refractivity contribution < 1.29 is 28.9 Å². The zero-order chi connectivity index (χ0) is 21.9. The van der Waals surface area contributed by atoms with Crippen LogP contribution in [-0.4, -0.2) is 29.9 Å². The highest BCUT2D eigenvalue weighted by Gasteiger charge is 2.10. The van der Waals surface area contributed by atoms with Gasteiger partial charge in [-0.3, -0.25) is 19.7 Å². The fourth-order valence-corrected chi connectivity index (χ4v) is 2.63. The number of nitro benzene ring substituents is 1. The molecule has 0 bridgehead atoms. The van der Waals surface area contributed by atoms with E-state index in [1.54, 1.807) is 12.1 Å². The third-order valence-corrected chi connectivity index (χ3v) is 4.25. The number of hydroxylamine groups is 1. The summed E-state index contributed by atoms with van der Waals surface area (Å²) < 4.78 is 4.41. The third kappa shape index (κ3) is 7.34. The molecule has 0 aliphatic heterocycles. The second kappa shape index (κ2) is 11.3. The van der Waals surface area contributed by atoms with E-state index in [-0.39, 0.29) is 24.9 Å². The van der Waals surface area contributed by atoms with Crippen molar-refractivity contribution in [2.45, 2.75) is 32.1 Å². The molecule has 158 valence electrons. The third-order valence-electron chi connectivity index (χ3n) is 4.25. The monoisotopic (exact) mass is 414 g/mol. The second-order valence-electron chi connectivity index (χ2n) is 6.43. The summed E-state index contributed by atoms with van der Waals surface area (Å²) in [6.45, 7) is 0. The van der Waals surface area contributed by atoms with Crippen LogP contribution >= 0.6 is 0 Å². The van der Waals surface area contributed by atoms with Gasteiger partial charge in [0, 0.05) is 25.0 Å². The Hall–Kier alpha value is -3.75. The first-order valence-electron chi connectivity index (χ1n) is 9.28. The topological polar surface area (TPSA) is 125 Å². The van der Waals surface area contributed by atoms with Crippen LogP contribution in [-0.2, 0) is 30.4 Å². The Bertz CT molecular complexity index is 910. The average Bonchev–Trinajstić information content (AvgIpc) is 2.76. The molecule has 0 saturated heterocycles. The molecule has 1 N–H and O–H groups in total. The lowest BCUT2D eigenvalue weighted by atomic mass is 10.0. The molecule has 2 aromatic carbocycles. The number of amides is 1. The molecule has 0 aliphatic rings. The number of methoxy groups -OCH3 is 1. The Morgan fingerprint density at radius 2 is 1.70 bits per heavy atom. The van der Waals surface area contributed by atoms with Gasteiger partial charge in [0.1, 0.15) is 0 Å². The van der Waals surface area contributed by atoms with Crippen LogP contribution in [0.4, 0.5) is 5.69 Å². The number of non-ortho nitro benzene ring substituents is 1. The summed E-state index contributed by atoms with van der Waals surface area (Å²) in [4.78, 5) is 49.2. The van der Waals surface area contributed by atoms with Crippen molar-refractivity contribution in [3.8, 4) is 11.1 Å². The van der Waals surface area contributed by atoms with Crippen LogP contribution < -0.4 is 5.48 Å². The molecule has 0 aliphatic carbocycles. The van der Waals surface area contributed by atoms with E-state index in [4.69, 9.17) is 0 Å². The van der Waals surface area contributed by atoms with Crippen LogP contribution in [0, 0.1) is 10.1 Å². The van der Waals surface area contributed by atoms with Crippen molar-refractivity contribution in [3.63, 3.8) is 0 Å². The lowest BCUT2D eigenvalue weighted by Gasteiger charge is -2.06. The van der Waals surface area contributed by atoms with Gasteiger partial charge in [-0.15, -0.1) is 0 Å². The number of benzene rings is 2. The maximum Gasteiger partial charge on any atom is 0.332 e. The smallest absolute Gasteiger partial charge is 0.332 e. The summed E-state index contributed by atoms with van der Waals surface area (Å²) in [5, 5.41) is 10.9. The van der Waals surface area contributed by atoms with Gasteiger partial charge >= 0.3 is 11.9 Å². The first-order chi connectivity index (χ1) is 14.4. The van der Waals surface area contributed by atoms with Crippen molar-refractivity contribution in [2.24, 2.45) is 0 Å². The van der Waals surface area contributed by atoms with E-state index in [0.29, 0.717) is 12.8 Å². The number of nitrogens with zero attached hydrogens (tertiary/aromatic N) is 1. The molecule has 2 aromatic rings. The maximum atomic E-state index is 11.7. The predicted molar refractivity (Wildman–Crippen MR) is 107 cm³/mol. The van der Waals surface area contributed by atoms with E-state index in [0.717, 1.165) is 16.7 Å². The van der Waals surface area contributed by atoms with Crippen LogP contribution in [0.2, 0.25) is 0 Å². The first kappa shape index (κ1) is 22.5. The molecule has 0 fully saturated rings. The van der Waals surface area contributed by atoms with Gasteiger partial charge in [0.25, 0.3) is 11.6 Å². The van der Waals surface area contributed by atoms with Gasteiger partial charge in [0.2, 0.25) is 0 Å². The predicted octanol–water partition coefficient (Wildman–Crippen LogP) is 3.11. The Kier molecular flexibility index (Phi) is 8.49. The minimum absolute atomic E-state index is 0.0347. The summed E-state index contributed by atoms with van der Waals surface area (Å²) in [7, 11) is 1.22. The molecule has 2 rings (SSSR count). The fraction of sp³-hybridized carbons (Fsp3) is 0.286. The van der Waals surface area contributed by atoms with E-state index >= 15 is 0 Å². The number of nitrogens with one attached hydrogen (secondary N) is 1. The lowest BCUT2D eigenvalue weighted by Crippen LogP contribution is -2.27. The summed E-state index contributed by atoms with van der Waals surface area (Å²) in [5.41, 5.74) is 4.65. The molecule has 0 radical (unpaired) electrons. The molecule has 9 nitrogen and oxygen atoms in total. The highest BCUT2D eigenvalue weighted by Crippen LogP contribution is 2.24. The van der Waals surface area contributed by atoms with Gasteiger partial charge in [-0.2, -0.15) is 5.48 Å². The number of rotatable bonds is 9. The van der Waals surface area contributed by atoms with Crippen molar-refractivity contribution in [3.05, 3.63) is 64.2 Å². The number of esters is 1. The Morgan fingerprint density at radius 1 is 0.967 bits per heavy atom. The van der Waals surface area contributed by atoms with Crippen molar-refractivity contribution in [1.82, 2.24) is 5.48 Å². The molecule has 0 aromatic heterocycles. The maximum absolute atomic E-state index is 11.7. The molecule has 0 atom stereocenters. The standard InChI is InChI=1S/C21H22N2O7/c1-29-20(25)13-12-19(24)22-30-21(26)7-2-4-15-8-10-16(11-9-15)17-5-3-6-18(14-17)23(27)28/h3,5-6,8-11,14H,2,4,7,12-13H2,1H3,(H,22,24). The largest absolute Gasteiger partial charge is 0.469 e. The van der Waals surface area contributed by atoms with E-state index < -0.39 is 22.8 Å². The molecule has 0 saturated carbocycles. The van der Waals surface area contributed by atoms with Gasteiger partial charge in [-0.05, 0) is 29.5 Å². The molecule has 1 amide bonds. The zero-order valence-corrected chi connectivity index (χ0v) is 16.5. The van der Waals surface area contributed by atoms with Crippen LogP contribution in [0.3, 0.4) is 0 Å². The van der Waals surface area contributed by atoms with Crippen LogP contribution in [0.15, 0.2) is 48.5 Å². The Morgan fingerprint density at radius 3 is 2.37 bits per heavy atom. The Balaban J connectivity index is 1.74. The van der Waals surface area contributed by atoms with Crippen molar-refractivity contribution in [2.75, 3.05) is 7.11 Å². The molecular weight excluding hydrogens is 392 g/mol. The number of hydrogen-bond acceptors (Lipinski definition) is 7.